The third kappa shape index (κ3) is 8.26. The molecule has 158 valence electrons. The molecular weight excluding hydrogens is 378 g/mol. The molecule has 8 heteroatoms. The van der Waals surface area contributed by atoms with Crippen molar-refractivity contribution in [3.63, 3.8) is 0 Å². The molecule has 2 rings (SSSR count). The van der Waals surface area contributed by atoms with Crippen LogP contribution in [0.25, 0.3) is 0 Å². The molecule has 28 heavy (non-hydrogen) atoms. The van der Waals surface area contributed by atoms with Crippen LogP contribution in [0.3, 0.4) is 0 Å². The Balaban J connectivity index is 1.67. The number of nitrogens with one attached hydrogen (secondary N) is 2. The second kappa shape index (κ2) is 11.5. The first kappa shape index (κ1) is 22.8. The van der Waals surface area contributed by atoms with E-state index in [1.54, 1.807) is 24.3 Å². The number of hydrogen-bond acceptors (Lipinski definition) is 5. The van der Waals surface area contributed by atoms with Crippen LogP contribution in [0.1, 0.15) is 32.3 Å². The van der Waals surface area contributed by atoms with E-state index in [0.717, 1.165) is 44.8 Å². The summed E-state index contributed by atoms with van der Waals surface area (Å²) < 4.78 is 32.3. The van der Waals surface area contributed by atoms with Crippen molar-refractivity contribution in [3.8, 4) is 0 Å². The van der Waals surface area contributed by atoms with Crippen molar-refractivity contribution in [3.05, 3.63) is 29.8 Å². The lowest BCUT2D eigenvalue weighted by Gasteiger charge is -2.26. The predicted octanol–water partition coefficient (Wildman–Crippen LogP) is 1.39. The Labute approximate surface area is 168 Å². The second-order valence-electron chi connectivity index (χ2n) is 7.55. The monoisotopic (exact) mass is 411 g/mol. The lowest BCUT2D eigenvalue weighted by atomic mass is 10.1. The standard InChI is InChI=1S/C20H33N3O4S/c1-17(2)16-22-28(25,26)19-7-4-18(5-8-19)6-9-20(24)21-10-3-11-23-12-14-27-15-13-23/h4-5,7-8,17,22H,3,6,9-16H2,1-2H3,(H,21,24). The molecule has 0 bridgehead atoms. The van der Waals surface area contributed by atoms with Gasteiger partial charge in [0.15, 0.2) is 0 Å². The summed E-state index contributed by atoms with van der Waals surface area (Å²) in [5, 5.41) is 2.95. The zero-order chi connectivity index (χ0) is 20.4. The van der Waals surface area contributed by atoms with E-state index < -0.39 is 10.0 Å². The van der Waals surface area contributed by atoms with Crippen LogP contribution in [-0.4, -0.2) is 65.2 Å². The third-order valence-electron chi connectivity index (χ3n) is 4.63. The van der Waals surface area contributed by atoms with Gasteiger partial charge in [-0.05, 0) is 43.0 Å². The summed E-state index contributed by atoms with van der Waals surface area (Å²) in [4.78, 5) is 14.6. The van der Waals surface area contributed by atoms with Gasteiger partial charge in [-0.25, -0.2) is 13.1 Å². The van der Waals surface area contributed by atoms with Gasteiger partial charge in [-0.1, -0.05) is 26.0 Å². The molecule has 1 aliphatic heterocycles. The van der Waals surface area contributed by atoms with E-state index in [9.17, 15) is 13.2 Å². The highest BCUT2D eigenvalue weighted by Gasteiger charge is 2.14. The van der Waals surface area contributed by atoms with E-state index in [1.807, 2.05) is 13.8 Å². The lowest BCUT2D eigenvalue weighted by Crippen LogP contribution is -2.38. The minimum atomic E-state index is -3.47. The normalized spacial score (nSPS) is 15.7. The summed E-state index contributed by atoms with van der Waals surface area (Å²) in [6.45, 7) is 9.49. The number of carbonyl (C=O) groups excluding carboxylic acids is 1. The Hall–Kier alpha value is -1.48. The van der Waals surface area contributed by atoms with Crippen molar-refractivity contribution in [1.29, 1.82) is 0 Å². The van der Waals surface area contributed by atoms with Crippen molar-refractivity contribution < 1.29 is 17.9 Å². The number of carbonyl (C=O) groups is 1. The first-order valence-corrected chi connectivity index (χ1v) is 11.5. The Kier molecular flexibility index (Phi) is 9.37. The summed E-state index contributed by atoms with van der Waals surface area (Å²) in [6, 6.07) is 6.74. The molecule has 7 nitrogen and oxygen atoms in total. The third-order valence-corrected chi connectivity index (χ3v) is 6.07. The molecule has 1 amide bonds. The van der Waals surface area contributed by atoms with Gasteiger partial charge in [0.05, 0.1) is 18.1 Å². The molecule has 1 aromatic carbocycles. The maximum Gasteiger partial charge on any atom is 0.240 e. The van der Waals surface area contributed by atoms with Gasteiger partial charge in [0.2, 0.25) is 15.9 Å². The zero-order valence-electron chi connectivity index (χ0n) is 16.9. The fourth-order valence-corrected chi connectivity index (χ4v) is 4.11. The van der Waals surface area contributed by atoms with Gasteiger partial charge in [0, 0.05) is 32.6 Å². The number of ether oxygens (including phenoxy) is 1. The van der Waals surface area contributed by atoms with Crippen LogP contribution in [-0.2, 0) is 26.0 Å². The molecule has 0 unspecified atom stereocenters. The van der Waals surface area contributed by atoms with E-state index in [-0.39, 0.29) is 16.7 Å². The van der Waals surface area contributed by atoms with Crippen molar-refractivity contribution in [2.24, 2.45) is 5.92 Å². The summed E-state index contributed by atoms with van der Waals surface area (Å²) in [6.07, 6.45) is 1.92. The largest absolute Gasteiger partial charge is 0.379 e. The van der Waals surface area contributed by atoms with E-state index in [0.29, 0.717) is 25.9 Å². The van der Waals surface area contributed by atoms with Gasteiger partial charge < -0.3 is 10.1 Å². The number of aryl methyl sites for hydroxylation is 1. The number of benzene rings is 1. The van der Waals surface area contributed by atoms with Gasteiger partial charge in [0.25, 0.3) is 0 Å². The Morgan fingerprint density at radius 1 is 1.18 bits per heavy atom. The number of amides is 1. The number of sulfonamides is 1. The molecule has 0 radical (unpaired) electrons. The highest BCUT2D eigenvalue weighted by molar-refractivity contribution is 7.89. The smallest absolute Gasteiger partial charge is 0.240 e. The molecule has 2 N–H and O–H groups in total. The maximum absolute atomic E-state index is 12.2. The van der Waals surface area contributed by atoms with Crippen LogP contribution >= 0.6 is 0 Å². The molecule has 1 aromatic rings. The molecule has 1 aliphatic rings. The summed E-state index contributed by atoms with van der Waals surface area (Å²) >= 11 is 0. The molecule has 0 aliphatic carbocycles. The molecule has 0 saturated carbocycles. The fraction of sp³-hybridized carbons (Fsp3) is 0.650. The van der Waals surface area contributed by atoms with Crippen LogP contribution in [0.5, 0.6) is 0 Å². The van der Waals surface area contributed by atoms with Crippen LogP contribution in [0.15, 0.2) is 29.2 Å². The van der Waals surface area contributed by atoms with Crippen molar-refractivity contribution >= 4 is 15.9 Å². The number of nitrogens with zero attached hydrogens (tertiary/aromatic N) is 1. The zero-order valence-corrected chi connectivity index (χ0v) is 17.8. The second-order valence-corrected chi connectivity index (χ2v) is 9.31. The Morgan fingerprint density at radius 3 is 2.50 bits per heavy atom. The van der Waals surface area contributed by atoms with E-state index in [2.05, 4.69) is 14.9 Å². The SMILES string of the molecule is CC(C)CNS(=O)(=O)c1ccc(CCC(=O)NCCCN2CCOCC2)cc1. The summed E-state index contributed by atoms with van der Waals surface area (Å²) in [5.41, 5.74) is 0.950. The van der Waals surface area contributed by atoms with Gasteiger partial charge in [-0.2, -0.15) is 0 Å². The van der Waals surface area contributed by atoms with Crippen molar-refractivity contribution in [2.75, 3.05) is 45.9 Å². The Bertz CT molecular complexity index is 699. The van der Waals surface area contributed by atoms with Crippen molar-refractivity contribution in [1.82, 2.24) is 14.9 Å². The topological polar surface area (TPSA) is 87.7 Å². The summed E-state index contributed by atoms with van der Waals surface area (Å²) in [5.74, 6) is 0.277. The molecule has 0 spiro atoms. The van der Waals surface area contributed by atoms with Gasteiger partial charge >= 0.3 is 0 Å². The van der Waals surface area contributed by atoms with Crippen LogP contribution in [0, 0.1) is 5.92 Å². The fourth-order valence-electron chi connectivity index (χ4n) is 2.90. The highest BCUT2D eigenvalue weighted by atomic mass is 32.2. The average Bonchev–Trinajstić information content (AvgIpc) is 2.69. The van der Waals surface area contributed by atoms with Gasteiger partial charge in [0.1, 0.15) is 0 Å². The van der Waals surface area contributed by atoms with Crippen LogP contribution < -0.4 is 10.0 Å². The Morgan fingerprint density at radius 2 is 1.86 bits per heavy atom. The predicted molar refractivity (Wildman–Crippen MR) is 110 cm³/mol. The molecule has 0 atom stereocenters. The van der Waals surface area contributed by atoms with E-state index >= 15 is 0 Å². The van der Waals surface area contributed by atoms with Crippen molar-refractivity contribution in [2.45, 2.75) is 38.0 Å². The van der Waals surface area contributed by atoms with E-state index in [4.69, 9.17) is 4.74 Å². The minimum Gasteiger partial charge on any atom is -0.379 e. The number of hydrogen-bond donors (Lipinski definition) is 2. The minimum absolute atomic E-state index is 0.0253. The molecule has 0 aromatic heterocycles. The first-order valence-electron chi connectivity index (χ1n) is 10.0. The van der Waals surface area contributed by atoms with Crippen LogP contribution in [0.4, 0.5) is 0 Å². The molecular formula is C20H33N3O4S. The molecule has 1 saturated heterocycles. The maximum atomic E-state index is 12.2. The van der Waals surface area contributed by atoms with Gasteiger partial charge in [-0.3, -0.25) is 9.69 Å². The average molecular weight is 412 g/mol. The highest BCUT2D eigenvalue weighted by Crippen LogP contribution is 2.12. The lowest BCUT2D eigenvalue weighted by molar-refractivity contribution is -0.121. The molecule has 1 fully saturated rings. The number of morpholine rings is 1. The summed E-state index contributed by atoms with van der Waals surface area (Å²) in [7, 11) is -3.47. The van der Waals surface area contributed by atoms with Crippen LogP contribution in [0.2, 0.25) is 0 Å². The first-order chi connectivity index (χ1) is 13.4. The van der Waals surface area contributed by atoms with Gasteiger partial charge in [-0.15, -0.1) is 0 Å². The quantitative estimate of drug-likeness (QED) is 0.538. The van der Waals surface area contributed by atoms with E-state index in [1.165, 1.54) is 0 Å². The molecule has 1 heterocycles. The number of rotatable bonds is 11.